The van der Waals surface area contributed by atoms with E-state index in [-0.39, 0.29) is 30.4 Å². The van der Waals surface area contributed by atoms with Crippen LogP contribution in [-0.4, -0.2) is 60.0 Å². The van der Waals surface area contributed by atoms with Gasteiger partial charge in [0.15, 0.2) is 0 Å². The Morgan fingerprint density at radius 2 is 1.96 bits per heavy atom. The van der Waals surface area contributed by atoms with Crippen molar-refractivity contribution in [2.45, 2.75) is 52.6 Å². The van der Waals surface area contributed by atoms with E-state index in [2.05, 4.69) is 5.32 Å². The van der Waals surface area contributed by atoms with Crippen LogP contribution >= 0.6 is 0 Å². The molecule has 0 bridgehead atoms. The van der Waals surface area contributed by atoms with Crippen molar-refractivity contribution < 1.29 is 19.1 Å². The van der Waals surface area contributed by atoms with Gasteiger partial charge in [-0.05, 0) is 32.3 Å². The van der Waals surface area contributed by atoms with Crippen LogP contribution in [-0.2, 0) is 20.9 Å². The van der Waals surface area contributed by atoms with Gasteiger partial charge in [0.25, 0.3) is 0 Å². The van der Waals surface area contributed by atoms with Gasteiger partial charge in [0.1, 0.15) is 0 Å². The summed E-state index contributed by atoms with van der Waals surface area (Å²) in [5.74, 6) is -0.113. The molecule has 2 rings (SSSR count). The number of nitrogens with zero attached hydrogens (tertiary/aromatic N) is 2. The molecule has 1 saturated heterocycles. The van der Waals surface area contributed by atoms with Gasteiger partial charge in [-0.2, -0.15) is 0 Å². The molecule has 1 N–H and O–H groups in total. The maximum atomic E-state index is 12.2. The number of rotatable bonds is 7. The van der Waals surface area contributed by atoms with Gasteiger partial charge >= 0.3 is 6.09 Å². The van der Waals surface area contributed by atoms with Gasteiger partial charge in [0, 0.05) is 45.6 Å². The maximum Gasteiger partial charge on any atom is 0.409 e. The number of nitrogens with one attached hydrogen (secondary N) is 1. The second kappa shape index (κ2) is 10.7. The normalized spacial score (nSPS) is 14.5. The van der Waals surface area contributed by atoms with Gasteiger partial charge in [-0.25, -0.2) is 4.79 Å². The molecule has 1 heterocycles. The zero-order valence-corrected chi connectivity index (χ0v) is 17.1. The third-order valence-electron chi connectivity index (χ3n) is 4.99. The maximum absolute atomic E-state index is 12.2. The second-order valence-electron chi connectivity index (χ2n) is 7.15. The first-order chi connectivity index (χ1) is 13.4. The lowest BCUT2D eigenvalue weighted by Crippen LogP contribution is -2.49. The Hall–Kier alpha value is -2.57. The van der Waals surface area contributed by atoms with Gasteiger partial charge in [0.05, 0.1) is 6.61 Å². The van der Waals surface area contributed by atoms with Crippen molar-refractivity contribution in [3.63, 3.8) is 0 Å². The summed E-state index contributed by atoms with van der Waals surface area (Å²) >= 11 is 0. The molecule has 7 heteroatoms. The lowest BCUT2D eigenvalue weighted by Gasteiger charge is -2.37. The summed E-state index contributed by atoms with van der Waals surface area (Å²) in [6.07, 6.45) is 1.36. The number of aryl methyl sites for hydroxylation is 1. The van der Waals surface area contributed by atoms with Crippen molar-refractivity contribution >= 4 is 17.9 Å². The van der Waals surface area contributed by atoms with E-state index in [9.17, 15) is 14.4 Å². The van der Waals surface area contributed by atoms with Gasteiger partial charge in [-0.15, -0.1) is 0 Å². The molecular formula is C21H31N3O4. The number of hydrogen-bond donors (Lipinski definition) is 1. The highest BCUT2D eigenvalue weighted by molar-refractivity contribution is 5.78. The van der Waals surface area contributed by atoms with Crippen molar-refractivity contribution in [2.75, 3.05) is 26.2 Å². The number of carbonyl (C=O) groups is 3. The molecule has 7 nitrogen and oxygen atoms in total. The van der Waals surface area contributed by atoms with E-state index in [1.54, 1.807) is 16.7 Å². The minimum atomic E-state index is -0.300. The number of hydrogen-bond acceptors (Lipinski definition) is 4. The van der Waals surface area contributed by atoms with Crippen LogP contribution in [0.2, 0.25) is 0 Å². The second-order valence-corrected chi connectivity index (χ2v) is 7.15. The summed E-state index contributed by atoms with van der Waals surface area (Å²) in [6, 6.07) is 8.06. The molecule has 0 unspecified atom stereocenters. The summed E-state index contributed by atoms with van der Waals surface area (Å²) in [7, 11) is 0. The Morgan fingerprint density at radius 1 is 1.25 bits per heavy atom. The molecule has 0 radical (unpaired) electrons. The summed E-state index contributed by atoms with van der Waals surface area (Å²) < 4.78 is 5.03. The van der Waals surface area contributed by atoms with Crippen LogP contribution < -0.4 is 5.32 Å². The van der Waals surface area contributed by atoms with Crippen molar-refractivity contribution in [3.8, 4) is 0 Å². The number of likely N-dealkylation sites (tertiary alicyclic amines) is 1. The first-order valence-corrected chi connectivity index (χ1v) is 9.91. The Kier molecular flexibility index (Phi) is 8.29. The van der Waals surface area contributed by atoms with E-state index in [1.807, 2.05) is 31.2 Å². The molecule has 28 heavy (non-hydrogen) atoms. The molecule has 0 spiro atoms. The average Bonchev–Trinajstić information content (AvgIpc) is 2.67. The number of piperidine rings is 1. The molecular weight excluding hydrogens is 358 g/mol. The highest BCUT2D eigenvalue weighted by Crippen LogP contribution is 2.18. The minimum absolute atomic E-state index is 0.0407. The molecule has 0 saturated carbocycles. The monoisotopic (exact) mass is 389 g/mol. The first kappa shape index (κ1) is 21.7. The average molecular weight is 389 g/mol. The Labute approximate surface area is 167 Å². The zero-order chi connectivity index (χ0) is 20.5. The molecule has 1 aliphatic heterocycles. The Bertz CT molecular complexity index is 684. The fraction of sp³-hybridized carbons (Fsp3) is 0.571. The summed E-state index contributed by atoms with van der Waals surface area (Å²) in [5.41, 5.74) is 2.21. The van der Waals surface area contributed by atoms with Gasteiger partial charge in [0.2, 0.25) is 11.8 Å². The predicted molar refractivity (Wildman–Crippen MR) is 107 cm³/mol. The van der Waals surface area contributed by atoms with E-state index in [4.69, 9.17) is 4.74 Å². The molecule has 1 fully saturated rings. The van der Waals surface area contributed by atoms with Crippen LogP contribution in [0, 0.1) is 6.92 Å². The fourth-order valence-corrected chi connectivity index (χ4v) is 3.51. The smallest absolute Gasteiger partial charge is 0.409 e. The highest BCUT2D eigenvalue weighted by atomic mass is 16.6. The molecule has 1 aliphatic rings. The quantitative estimate of drug-likeness (QED) is 0.777. The van der Waals surface area contributed by atoms with E-state index in [0.29, 0.717) is 45.6 Å². The molecule has 154 valence electrons. The van der Waals surface area contributed by atoms with E-state index in [0.717, 1.165) is 11.1 Å². The van der Waals surface area contributed by atoms with Crippen molar-refractivity contribution in [1.82, 2.24) is 15.1 Å². The van der Waals surface area contributed by atoms with Gasteiger partial charge in [-0.1, -0.05) is 29.8 Å². The molecule has 0 aromatic heterocycles. The van der Waals surface area contributed by atoms with Crippen LogP contribution in [0.5, 0.6) is 0 Å². The summed E-state index contributed by atoms with van der Waals surface area (Å²) in [5, 5.41) is 2.91. The van der Waals surface area contributed by atoms with Gasteiger partial charge in [-0.3, -0.25) is 9.59 Å². The molecule has 3 amide bonds. The number of carbonyl (C=O) groups excluding carboxylic acids is 3. The van der Waals surface area contributed by atoms with E-state index in [1.165, 1.54) is 6.92 Å². The first-order valence-electron chi connectivity index (χ1n) is 9.91. The Morgan fingerprint density at radius 3 is 2.57 bits per heavy atom. The summed E-state index contributed by atoms with van der Waals surface area (Å²) in [6.45, 7) is 7.69. The number of amides is 3. The lowest BCUT2D eigenvalue weighted by molar-refractivity contribution is -0.132. The third-order valence-corrected chi connectivity index (χ3v) is 4.99. The van der Waals surface area contributed by atoms with Crippen molar-refractivity contribution in [1.29, 1.82) is 0 Å². The third kappa shape index (κ3) is 6.55. The number of ether oxygens (including phenoxy) is 1. The fourth-order valence-electron chi connectivity index (χ4n) is 3.51. The van der Waals surface area contributed by atoms with Crippen LogP contribution in [0.4, 0.5) is 4.79 Å². The number of benzene rings is 1. The lowest BCUT2D eigenvalue weighted by atomic mass is 10.0. The largest absolute Gasteiger partial charge is 0.450 e. The van der Waals surface area contributed by atoms with Crippen molar-refractivity contribution in [2.24, 2.45) is 0 Å². The molecule has 0 aliphatic carbocycles. The van der Waals surface area contributed by atoms with Crippen LogP contribution in [0.3, 0.4) is 0 Å². The van der Waals surface area contributed by atoms with E-state index < -0.39 is 0 Å². The topological polar surface area (TPSA) is 79.0 Å². The van der Waals surface area contributed by atoms with E-state index >= 15 is 0 Å². The van der Waals surface area contributed by atoms with Crippen LogP contribution in [0.1, 0.15) is 44.2 Å². The standard InChI is InChI=1S/C21H31N3O4/c1-4-28-21(27)23-11-8-19(9-12-23)24(17(3)25)13-10-20(26)22-15-18-7-5-6-16(2)14-18/h5-7,14,19H,4,8-13,15H2,1-3H3,(H,22,26). The summed E-state index contributed by atoms with van der Waals surface area (Å²) in [4.78, 5) is 39.5. The van der Waals surface area contributed by atoms with Crippen LogP contribution in [0.15, 0.2) is 24.3 Å². The predicted octanol–water partition coefficient (Wildman–Crippen LogP) is 2.47. The Balaban J connectivity index is 1.79. The minimum Gasteiger partial charge on any atom is -0.450 e. The zero-order valence-electron chi connectivity index (χ0n) is 17.1. The van der Waals surface area contributed by atoms with Crippen molar-refractivity contribution in [3.05, 3.63) is 35.4 Å². The van der Waals surface area contributed by atoms with Crippen LogP contribution in [0.25, 0.3) is 0 Å². The highest BCUT2D eigenvalue weighted by Gasteiger charge is 2.28. The van der Waals surface area contributed by atoms with Gasteiger partial charge < -0.3 is 19.9 Å². The SMILES string of the molecule is CCOC(=O)N1CCC(N(CCC(=O)NCc2cccc(C)c2)C(C)=O)CC1. The molecule has 1 aromatic carbocycles. The molecule has 0 atom stereocenters. The molecule has 1 aromatic rings.